The number of carbonyl (C=O) groups is 3. The van der Waals surface area contributed by atoms with Crippen LogP contribution in [0, 0.1) is 0 Å². The Morgan fingerprint density at radius 2 is 2.03 bits per heavy atom. The van der Waals surface area contributed by atoms with E-state index in [0.717, 1.165) is 17.4 Å². The second-order valence-electron chi connectivity index (χ2n) is 7.12. The quantitative estimate of drug-likeness (QED) is 0.656. The minimum absolute atomic E-state index is 0.0243. The van der Waals surface area contributed by atoms with E-state index in [-0.39, 0.29) is 30.7 Å². The zero-order valence-corrected chi connectivity index (χ0v) is 17.6. The van der Waals surface area contributed by atoms with E-state index >= 15 is 0 Å². The van der Waals surface area contributed by atoms with Gasteiger partial charge in [0.2, 0.25) is 22.9 Å². The highest BCUT2D eigenvalue weighted by Gasteiger charge is 2.26. The Morgan fingerprint density at radius 3 is 2.79 bits per heavy atom. The molecule has 29 heavy (non-hydrogen) atoms. The predicted molar refractivity (Wildman–Crippen MR) is 108 cm³/mol. The van der Waals surface area contributed by atoms with Gasteiger partial charge in [0.25, 0.3) is 0 Å². The van der Waals surface area contributed by atoms with Crippen LogP contribution >= 0.6 is 11.5 Å². The van der Waals surface area contributed by atoms with Gasteiger partial charge >= 0.3 is 0 Å². The van der Waals surface area contributed by atoms with E-state index in [2.05, 4.69) is 14.7 Å². The average Bonchev–Trinajstić information content (AvgIpc) is 3.34. The summed E-state index contributed by atoms with van der Waals surface area (Å²) in [7, 11) is 1.64. The number of nitrogens with one attached hydrogen (secondary N) is 1. The van der Waals surface area contributed by atoms with Gasteiger partial charge in [0.1, 0.15) is 5.82 Å². The summed E-state index contributed by atoms with van der Waals surface area (Å²) in [5.41, 5.74) is 0. The lowest BCUT2D eigenvalue weighted by molar-refractivity contribution is -0.138. The van der Waals surface area contributed by atoms with Gasteiger partial charge < -0.3 is 24.8 Å². The Morgan fingerprint density at radius 1 is 1.17 bits per heavy atom. The lowest BCUT2D eigenvalue weighted by atomic mass is 10.3. The molecular formula is C18H28N6O4S. The summed E-state index contributed by atoms with van der Waals surface area (Å²) in [5, 5.41) is 3.66. The zero-order valence-electron chi connectivity index (χ0n) is 16.8. The maximum absolute atomic E-state index is 12.8. The van der Waals surface area contributed by atoms with E-state index in [1.807, 2.05) is 4.90 Å². The molecule has 0 aliphatic carbocycles. The fraction of sp³-hybridized carbons (Fsp3) is 0.722. The number of hydrogen-bond donors (Lipinski definition) is 1. The van der Waals surface area contributed by atoms with Gasteiger partial charge in [-0.25, -0.2) is 4.98 Å². The molecule has 0 radical (unpaired) electrons. The highest BCUT2D eigenvalue weighted by Crippen LogP contribution is 2.18. The standard InChI is InChI=1S/C18H28N6O4S/c1-28-12-5-14-20-18(29-21-14)23-9-6-19-15(25)4-8-22(10-11-23)17(27)13-24-7-2-3-16(24)26/h2-13H2,1H3,(H,19,25). The first-order chi connectivity index (χ1) is 14.1. The van der Waals surface area contributed by atoms with E-state index < -0.39 is 0 Å². The van der Waals surface area contributed by atoms with Crippen LogP contribution in [0.2, 0.25) is 0 Å². The first-order valence-electron chi connectivity index (χ1n) is 9.95. The molecule has 3 heterocycles. The van der Waals surface area contributed by atoms with Gasteiger partial charge in [0, 0.05) is 77.2 Å². The van der Waals surface area contributed by atoms with Crippen molar-refractivity contribution in [2.45, 2.75) is 25.7 Å². The molecule has 1 N–H and O–H groups in total. The van der Waals surface area contributed by atoms with Crippen molar-refractivity contribution in [3.8, 4) is 0 Å². The largest absolute Gasteiger partial charge is 0.384 e. The van der Waals surface area contributed by atoms with E-state index in [0.29, 0.717) is 58.7 Å². The number of carbonyl (C=O) groups excluding carboxylic acids is 3. The lowest BCUT2D eigenvalue weighted by Gasteiger charge is -2.30. The van der Waals surface area contributed by atoms with E-state index in [4.69, 9.17) is 4.74 Å². The number of rotatable bonds is 6. The van der Waals surface area contributed by atoms with E-state index in [9.17, 15) is 14.4 Å². The van der Waals surface area contributed by atoms with Crippen LogP contribution in [0.15, 0.2) is 0 Å². The molecule has 3 amide bonds. The number of hydrogen-bond acceptors (Lipinski definition) is 8. The molecule has 2 aliphatic rings. The Balaban J connectivity index is 1.64. The van der Waals surface area contributed by atoms with Gasteiger partial charge in [0.05, 0.1) is 13.2 Å². The molecule has 0 unspecified atom stereocenters. The third kappa shape index (κ3) is 6.10. The van der Waals surface area contributed by atoms with Crippen molar-refractivity contribution in [1.29, 1.82) is 0 Å². The molecule has 3 rings (SSSR count). The summed E-state index contributed by atoms with van der Waals surface area (Å²) >= 11 is 1.31. The van der Waals surface area contributed by atoms with Gasteiger partial charge in [0.15, 0.2) is 0 Å². The maximum Gasteiger partial charge on any atom is 0.242 e. The second kappa shape index (κ2) is 10.5. The van der Waals surface area contributed by atoms with E-state index in [1.54, 1.807) is 16.9 Å². The average molecular weight is 425 g/mol. The summed E-state index contributed by atoms with van der Waals surface area (Å²) in [6, 6.07) is 0. The normalized spacial score (nSPS) is 18.9. The number of amides is 3. The molecule has 10 nitrogen and oxygen atoms in total. The van der Waals surface area contributed by atoms with Gasteiger partial charge in [-0.1, -0.05) is 0 Å². The smallest absolute Gasteiger partial charge is 0.242 e. The lowest BCUT2D eigenvalue weighted by Crippen LogP contribution is -2.47. The summed E-state index contributed by atoms with van der Waals surface area (Å²) < 4.78 is 9.44. The van der Waals surface area contributed by atoms with Crippen LogP contribution in [0.5, 0.6) is 0 Å². The van der Waals surface area contributed by atoms with Gasteiger partial charge in [-0.15, -0.1) is 0 Å². The first kappa shape index (κ1) is 21.4. The minimum Gasteiger partial charge on any atom is -0.384 e. The Labute approximate surface area is 174 Å². The molecule has 11 heteroatoms. The summed E-state index contributed by atoms with van der Waals surface area (Å²) in [6.45, 7) is 3.79. The Hall–Kier alpha value is -2.27. The summed E-state index contributed by atoms with van der Waals surface area (Å²) in [4.78, 5) is 46.6. The highest BCUT2D eigenvalue weighted by atomic mass is 32.1. The maximum atomic E-state index is 12.8. The third-order valence-corrected chi connectivity index (χ3v) is 5.88. The van der Waals surface area contributed by atoms with Gasteiger partial charge in [-0.3, -0.25) is 14.4 Å². The number of anilines is 1. The summed E-state index contributed by atoms with van der Waals surface area (Å²) in [5.74, 6) is 0.552. The molecular weight excluding hydrogens is 396 g/mol. The third-order valence-electron chi connectivity index (χ3n) is 5.06. The second-order valence-corrected chi connectivity index (χ2v) is 7.85. The zero-order chi connectivity index (χ0) is 20.6. The number of nitrogens with zero attached hydrogens (tertiary/aromatic N) is 5. The van der Waals surface area contributed by atoms with Crippen LogP contribution in [-0.4, -0.2) is 96.4 Å². The van der Waals surface area contributed by atoms with Crippen molar-refractivity contribution in [2.24, 2.45) is 0 Å². The van der Waals surface area contributed by atoms with Crippen molar-refractivity contribution in [1.82, 2.24) is 24.5 Å². The van der Waals surface area contributed by atoms with Crippen molar-refractivity contribution >= 4 is 34.4 Å². The predicted octanol–water partition coefficient (Wildman–Crippen LogP) is -0.496. The molecule has 0 bridgehead atoms. The van der Waals surface area contributed by atoms with Crippen molar-refractivity contribution in [3.63, 3.8) is 0 Å². The Bertz CT molecular complexity index is 727. The highest BCUT2D eigenvalue weighted by molar-refractivity contribution is 7.09. The molecule has 0 saturated carbocycles. The molecule has 2 aliphatic heterocycles. The van der Waals surface area contributed by atoms with Crippen molar-refractivity contribution in [3.05, 3.63) is 5.82 Å². The van der Waals surface area contributed by atoms with Crippen LogP contribution in [0.1, 0.15) is 25.1 Å². The minimum atomic E-state index is -0.119. The number of ether oxygens (including phenoxy) is 1. The number of methoxy groups -OCH3 is 1. The fourth-order valence-electron chi connectivity index (χ4n) is 3.36. The van der Waals surface area contributed by atoms with Crippen molar-refractivity contribution in [2.75, 3.05) is 64.4 Å². The molecule has 2 fully saturated rings. The molecule has 0 spiro atoms. The molecule has 1 aromatic rings. The summed E-state index contributed by atoms with van der Waals surface area (Å²) in [6.07, 6.45) is 2.21. The molecule has 160 valence electrons. The van der Waals surface area contributed by atoms with Crippen LogP contribution in [-0.2, 0) is 25.5 Å². The van der Waals surface area contributed by atoms with Crippen LogP contribution < -0.4 is 10.2 Å². The van der Waals surface area contributed by atoms with Crippen LogP contribution in [0.3, 0.4) is 0 Å². The van der Waals surface area contributed by atoms with Crippen LogP contribution in [0.4, 0.5) is 5.13 Å². The fourth-order valence-corrected chi connectivity index (χ4v) is 4.13. The molecule has 1 aromatic heterocycles. The monoisotopic (exact) mass is 424 g/mol. The van der Waals surface area contributed by atoms with Gasteiger partial charge in [-0.2, -0.15) is 4.37 Å². The van der Waals surface area contributed by atoms with E-state index in [1.165, 1.54) is 11.5 Å². The number of likely N-dealkylation sites (tertiary alicyclic amines) is 1. The molecule has 2 saturated heterocycles. The van der Waals surface area contributed by atoms with Crippen molar-refractivity contribution < 1.29 is 19.1 Å². The number of aromatic nitrogens is 2. The SMILES string of the molecule is COCCc1nsc(N2CCNC(=O)CCN(C(=O)CN3CCCC3=O)CC2)n1. The van der Waals surface area contributed by atoms with Crippen LogP contribution in [0.25, 0.3) is 0 Å². The topological polar surface area (TPSA) is 108 Å². The molecule has 0 atom stereocenters. The van der Waals surface area contributed by atoms with Gasteiger partial charge in [-0.05, 0) is 6.42 Å². The first-order valence-corrected chi connectivity index (χ1v) is 10.7. The Kier molecular flexibility index (Phi) is 7.76. The molecule has 0 aromatic carbocycles.